The largest absolute Gasteiger partial charge is 0.476 e. The van der Waals surface area contributed by atoms with Gasteiger partial charge in [0.1, 0.15) is 5.75 Å². The number of anilines is 2. The van der Waals surface area contributed by atoms with Gasteiger partial charge in [-0.3, -0.25) is 4.79 Å². The van der Waals surface area contributed by atoms with Crippen molar-refractivity contribution in [1.29, 1.82) is 0 Å². The van der Waals surface area contributed by atoms with E-state index in [4.69, 9.17) is 4.74 Å². The van der Waals surface area contributed by atoms with Gasteiger partial charge in [0.05, 0.1) is 5.69 Å². The Morgan fingerprint density at radius 1 is 1.40 bits per heavy atom. The van der Waals surface area contributed by atoms with Gasteiger partial charge < -0.3 is 15.4 Å². The second-order valence-electron chi connectivity index (χ2n) is 4.03. The number of benzene rings is 1. The zero-order valence-corrected chi connectivity index (χ0v) is 9.05. The monoisotopic (exact) mass is 206 g/mol. The second-order valence-corrected chi connectivity index (χ2v) is 4.03. The Bertz CT molecular complexity index is 413. The smallest absolute Gasteiger partial charge is 0.268 e. The van der Waals surface area contributed by atoms with Crippen molar-refractivity contribution < 1.29 is 9.53 Å². The number of ether oxygens (including phenoxy) is 1. The predicted octanol–water partition coefficient (Wildman–Crippen LogP) is 1.84. The molecule has 0 aromatic heterocycles. The highest BCUT2D eigenvalue weighted by atomic mass is 16.5. The Morgan fingerprint density at radius 3 is 2.80 bits per heavy atom. The average Bonchev–Trinajstić information content (AvgIpc) is 2.18. The molecule has 1 amide bonds. The zero-order valence-electron chi connectivity index (χ0n) is 9.05. The van der Waals surface area contributed by atoms with Gasteiger partial charge >= 0.3 is 0 Å². The third-order valence-electron chi connectivity index (χ3n) is 2.43. The van der Waals surface area contributed by atoms with Crippen LogP contribution < -0.4 is 15.4 Å². The maximum atomic E-state index is 11.6. The van der Waals surface area contributed by atoms with Crippen LogP contribution >= 0.6 is 0 Å². The summed E-state index contributed by atoms with van der Waals surface area (Å²) in [5, 5.41) is 5.83. The lowest BCUT2D eigenvalue weighted by Crippen LogP contribution is -2.45. The van der Waals surface area contributed by atoms with Crippen LogP contribution in [0.1, 0.15) is 13.8 Å². The van der Waals surface area contributed by atoms with Gasteiger partial charge in [0.2, 0.25) is 0 Å². The second kappa shape index (κ2) is 3.15. The molecule has 1 aromatic carbocycles. The summed E-state index contributed by atoms with van der Waals surface area (Å²) in [4.78, 5) is 11.6. The molecule has 1 aliphatic rings. The fourth-order valence-electron chi connectivity index (χ4n) is 1.46. The number of carbonyl (C=O) groups is 1. The molecule has 0 saturated heterocycles. The first-order chi connectivity index (χ1) is 7.03. The molecule has 0 fully saturated rings. The van der Waals surface area contributed by atoms with Crippen LogP contribution in [-0.2, 0) is 4.79 Å². The fraction of sp³-hybridized carbons (Fsp3) is 0.364. The van der Waals surface area contributed by atoms with Crippen molar-refractivity contribution in [2.75, 3.05) is 17.7 Å². The molecule has 4 heteroatoms. The molecule has 0 aliphatic carbocycles. The maximum absolute atomic E-state index is 11.6. The Labute approximate surface area is 88.6 Å². The van der Waals surface area contributed by atoms with Crippen molar-refractivity contribution in [3.8, 4) is 5.75 Å². The third-order valence-corrected chi connectivity index (χ3v) is 2.43. The van der Waals surface area contributed by atoms with Gasteiger partial charge in [-0.1, -0.05) is 0 Å². The van der Waals surface area contributed by atoms with E-state index in [1.165, 1.54) is 0 Å². The lowest BCUT2D eigenvalue weighted by Gasteiger charge is -2.31. The molecule has 0 unspecified atom stereocenters. The Morgan fingerprint density at radius 2 is 2.13 bits per heavy atom. The summed E-state index contributed by atoms with van der Waals surface area (Å²) in [6.45, 7) is 3.49. The number of amides is 1. The molecule has 1 heterocycles. The molecule has 4 nitrogen and oxygen atoms in total. The Hall–Kier alpha value is -1.71. The molecule has 0 bridgehead atoms. The third kappa shape index (κ3) is 1.63. The molecular weight excluding hydrogens is 192 g/mol. The van der Waals surface area contributed by atoms with Crippen molar-refractivity contribution in [2.45, 2.75) is 19.4 Å². The average molecular weight is 206 g/mol. The van der Waals surface area contributed by atoms with Gasteiger partial charge in [0.25, 0.3) is 5.91 Å². The van der Waals surface area contributed by atoms with E-state index in [1.807, 2.05) is 25.2 Å². The number of fused-ring (bicyclic) bond motifs is 1. The van der Waals surface area contributed by atoms with Gasteiger partial charge in [-0.05, 0) is 26.0 Å². The van der Waals surface area contributed by atoms with Crippen molar-refractivity contribution in [1.82, 2.24) is 0 Å². The van der Waals surface area contributed by atoms with E-state index in [9.17, 15) is 4.79 Å². The van der Waals surface area contributed by atoms with E-state index >= 15 is 0 Å². The van der Waals surface area contributed by atoms with Crippen LogP contribution in [-0.4, -0.2) is 18.6 Å². The van der Waals surface area contributed by atoms with Crippen LogP contribution in [0.4, 0.5) is 11.4 Å². The molecule has 0 radical (unpaired) electrons. The van der Waals surface area contributed by atoms with E-state index in [2.05, 4.69) is 10.6 Å². The quantitative estimate of drug-likeness (QED) is 0.737. The number of hydrogen-bond acceptors (Lipinski definition) is 3. The van der Waals surface area contributed by atoms with Crippen molar-refractivity contribution in [3.63, 3.8) is 0 Å². The molecule has 1 aromatic rings. The summed E-state index contributed by atoms with van der Waals surface area (Å²) in [7, 11) is 1.84. The molecular formula is C11H14N2O2. The van der Waals surface area contributed by atoms with Gasteiger partial charge in [0.15, 0.2) is 5.60 Å². The molecule has 80 valence electrons. The number of rotatable bonds is 1. The van der Waals surface area contributed by atoms with E-state index in [1.54, 1.807) is 13.8 Å². The van der Waals surface area contributed by atoms with E-state index < -0.39 is 5.60 Å². The molecule has 0 saturated carbocycles. The summed E-state index contributed by atoms with van der Waals surface area (Å²) in [5.74, 6) is 0.582. The predicted molar refractivity (Wildman–Crippen MR) is 59.3 cm³/mol. The van der Waals surface area contributed by atoms with Gasteiger partial charge in [0, 0.05) is 18.8 Å². The summed E-state index contributed by atoms with van der Waals surface area (Å²) in [6, 6.07) is 5.59. The van der Waals surface area contributed by atoms with Crippen LogP contribution in [0.3, 0.4) is 0 Å². The standard InChI is InChI=1S/C11H14N2O2/c1-11(2)10(14)13-8-5-4-7(12-3)6-9(8)15-11/h4-6,12H,1-3H3,(H,13,14). The number of hydrogen-bond donors (Lipinski definition) is 2. The minimum Gasteiger partial charge on any atom is -0.476 e. The lowest BCUT2D eigenvalue weighted by molar-refractivity contribution is -0.129. The van der Waals surface area contributed by atoms with Crippen LogP contribution in [0.2, 0.25) is 0 Å². The molecule has 0 atom stereocenters. The van der Waals surface area contributed by atoms with Crippen molar-refractivity contribution >= 4 is 17.3 Å². The van der Waals surface area contributed by atoms with Gasteiger partial charge in [-0.15, -0.1) is 0 Å². The summed E-state index contributed by atoms with van der Waals surface area (Å²) < 4.78 is 5.62. The first kappa shape index (κ1) is 9.83. The molecule has 15 heavy (non-hydrogen) atoms. The fourth-order valence-corrected chi connectivity index (χ4v) is 1.46. The topological polar surface area (TPSA) is 50.4 Å². The first-order valence-electron chi connectivity index (χ1n) is 4.85. The number of nitrogens with one attached hydrogen (secondary N) is 2. The van der Waals surface area contributed by atoms with Crippen LogP contribution in [0.25, 0.3) is 0 Å². The number of carbonyl (C=O) groups excluding carboxylic acids is 1. The maximum Gasteiger partial charge on any atom is 0.268 e. The summed E-state index contributed by atoms with van der Waals surface area (Å²) in [6.07, 6.45) is 0. The molecule has 2 rings (SSSR count). The Kier molecular flexibility index (Phi) is 2.07. The van der Waals surface area contributed by atoms with E-state index in [-0.39, 0.29) is 5.91 Å². The highest BCUT2D eigenvalue weighted by molar-refractivity contribution is 6.00. The first-order valence-corrected chi connectivity index (χ1v) is 4.85. The normalized spacial score (nSPS) is 17.4. The van der Waals surface area contributed by atoms with Crippen LogP contribution in [0, 0.1) is 0 Å². The van der Waals surface area contributed by atoms with Crippen LogP contribution in [0.15, 0.2) is 18.2 Å². The van der Waals surface area contributed by atoms with Gasteiger partial charge in [-0.25, -0.2) is 0 Å². The minimum atomic E-state index is -0.806. The molecule has 1 aliphatic heterocycles. The Balaban J connectivity index is 2.42. The SMILES string of the molecule is CNc1ccc2c(c1)OC(C)(C)C(=O)N2. The highest BCUT2D eigenvalue weighted by Crippen LogP contribution is 2.35. The lowest BCUT2D eigenvalue weighted by atomic mass is 10.1. The minimum absolute atomic E-state index is 0.118. The highest BCUT2D eigenvalue weighted by Gasteiger charge is 2.35. The van der Waals surface area contributed by atoms with E-state index in [0.29, 0.717) is 5.75 Å². The molecule has 2 N–H and O–H groups in total. The zero-order chi connectivity index (χ0) is 11.1. The van der Waals surface area contributed by atoms with Gasteiger partial charge in [-0.2, -0.15) is 0 Å². The van der Waals surface area contributed by atoms with E-state index in [0.717, 1.165) is 11.4 Å². The van der Waals surface area contributed by atoms with Crippen LogP contribution in [0.5, 0.6) is 5.75 Å². The van der Waals surface area contributed by atoms with Crippen molar-refractivity contribution in [2.24, 2.45) is 0 Å². The molecule has 0 spiro atoms. The summed E-state index contributed by atoms with van der Waals surface area (Å²) in [5.41, 5.74) is 0.873. The summed E-state index contributed by atoms with van der Waals surface area (Å²) >= 11 is 0. The van der Waals surface area contributed by atoms with Crippen molar-refractivity contribution in [3.05, 3.63) is 18.2 Å².